The lowest BCUT2D eigenvalue weighted by Crippen LogP contribution is -2.61. The first-order valence-corrected chi connectivity index (χ1v) is 14.3. The van der Waals surface area contributed by atoms with Gasteiger partial charge in [0.2, 0.25) is 0 Å². The Hall–Kier alpha value is -0.460. The van der Waals surface area contributed by atoms with Crippen molar-refractivity contribution in [1.82, 2.24) is 0 Å². The van der Waals surface area contributed by atoms with Crippen molar-refractivity contribution in [2.45, 2.75) is 136 Å². The molecule has 6 rings (SSSR count). The fourth-order valence-electron chi connectivity index (χ4n) is 10.8. The van der Waals surface area contributed by atoms with E-state index in [4.69, 9.17) is 9.47 Å². The minimum absolute atomic E-state index is 0.0607. The number of aliphatic hydroxyl groups excluding tert-OH is 3. The summed E-state index contributed by atoms with van der Waals surface area (Å²) < 4.78 is 12.9. The van der Waals surface area contributed by atoms with Crippen molar-refractivity contribution in [3.63, 3.8) is 0 Å². The number of allylic oxidation sites excluding steroid dienone is 1. The average Bonchev–Trinajstić information content (AvgIpc) is 3.18. The number of rotatable bonds is 1. The number of ether oxygens (including phenoxy) is 2. The van der Waals surface area contributed by atoms with Gasteiger partial charge in [-0.3, -0.25) is 0 Å². The molecule has 2 bridgehead atoms. The third kappa shape index (κ3) is 2.94. The Balaban J connectivity index is 1.39. The van der Waals surface area contributed by atoms with Crippen molar-refractivity contribution in [2.75, 3.05) is 0 Å². The van der Waals surface area contributed by atoms with Crippen LogP contribution in [0.4, 0.5) is 0 Å². The van der Waals surface area contributed by atoms with Gasteiger partial charge in [0, 0.05) is 11.3 Å². The summed E-state index contributed by atoms with van der Waals surface area (Å²) in [4.78, 5) is 0. The molecule has 2 unspecified atom stereocenters. The molecule has 0 aromatic heterocycles. The van der Waals surface area contributed by atoms with Crippen LogP contribution in [0.25, 0.3) is 0 Å². The number of hydrogen-bond acceptors (Lipinski definition) is 5. The van der Waals surface area contributed by atoms with Gasteiger partial charge in [-0.1, -0.05) is 45.8 Å². The van der Waals surface area contributed by atoms with Crippen molar-refractivity contribution >= 4 is 0 Å². The number of aliphatic hydroxyl groups is 3. The predicted molar refractivity (Wildman–Crippen MR) is 134 cm³/mol. The highest BCUT2D eigenvalue weighted by Crippen LogP contribution is 2.73. The second-order valence-corrected chi connectivity index (χ2v) is 14.9. The summed E-state index contributed by atoms with van der Waals surface area (Å²) in [6.07, 6.45) is 5.92. The van der Waals surface area contributed by atoms with E-state index in [2.05, 4.69) is 48.5 Å². The highest BCUT2D eigenvalue weighted by atomic mass is 16.7. The van der Waals surface area contributed by atoms with Crippen molar-refractivity contribution < 1.29 is 24.8 Å². The van der Waals surface area contributed by atoms with Crippen LogP contribution in [0, 0.1) is 39.4 Å². The van der Waals surface area contributed by atoms with E-state index in [9.17, 15) is 15.3 Å². The number of fused-ring (bicyclic) bond motifs is 6. The summed E-state index contributed by atoms with van der Waals surface area (Å²) in [6.45, 7) is 15.7. The maximum atomic E-state index is 12.0. The van der Waals surface area contributed by atoms with Gasteiger partial charge in [0.05, 0.1) is 30.0 Å². The highest BCUT2D eigenvalue weighted by molar-refractivity contribution is 5.40. The maximum absolute atomic E-state index is 12.0. The average molecular weight is 489 g/mol. The minimum Gasteiger partial charge on any atom is -0.392 e. The van der Waals surface area contributed by atoms with Gasteiger partial charge in [-0.25, -0.2) is 0 Å². The van der Waals surface area contributed by atoms with Crippen LogP contribution in [0.5, 0.6) is 0 Å². The second kappa shape index (κ2) is 7.34. The van der Waals surface area contributed by atoms with Crippen molar-refractivity contribution in [2.24, 2.45) is 39.4 Å². The van der Waals surface area contributed by atoms with Gasteiger partial charge >= 0.3 is 0 Å². The van der Waals surface area contributed by atoms with Gasteiger partial charge in [-0.05, 0) is 93.3 Å². The van der Waals surface area contributed by atoms with Gasteiger partial charge in [0.15, 0.2) is 6.29 Å². The Morgan fingerprint density at radius 1 is 0.857 bits per heavy atom. The fraction of sp³-hybridized carbons (Fsp3) is 0.933. The first-order chi connectivity index (χ1) is 16.2. The molecule has 2 saturated heterocycles. The van der Waals surface area contributed by atoms with Crippen molar-refractivity contribution in [3.05, 3.63) is 11.1 Å². The lowest BCUT2D eigenvalue weighted by Gasteiger charge is -2.64. The molecule has 0 aromatic rings. The zero-order valence-electron chi connectivity index (χ0n) is 22.9. The smallest absolute Gasteiger partial charge is 0.162 e. The Kier molecular flexibility index (Phi) is 5.21. The molecule has 4 fully saturated rings. The quantitative estimate of drug-likeness (QED) is 0.454. The molecular weight excluding hydrogens is 440 g/mol. The van der Waals surface area contributed by atoms with Gasteiger partial charge in [-0.15, -0.1) is 0 Å². The van der Waals surface area contributed by atoms with Crippen LogP contribution in [-0.2, 0) is 9.47 Å². The molecule has 4 aliphatic carbocycles. The van der Waals surface area contributed by atoms with E-state index in [1.807, 2.05) is 0 Å². The van der Waals surface area contributed by atoms with Gasteiger partial charge in [-0.2, -0.15) is 0 Å². The molecule has 0 aromatic carbocycles. The van der Waals surface area contributed by atoms with E-state index < -0.39 is 18.3 Å². The Morgan fingerprint density at radius 2 is 1.57 bits per heavy atom. The van der Waals surface area contributed by atoms with Crippen molar-refractivity contribution in [3.8, 4) is 0 Å². The topological polar surface area (TPSA) is 79.2 Å². The highest BCUT2D eigenvalue weighted by Gasteiger charge is 2.68. The van der Waals surface area contributed by atoms with E-state index in [1.54, 1.807) is 5.57 Å². The molecule has 35 heavy (non-hydrogen) atoms. The lowest BCUT2D eigenvalue weighted by molar-refractivity contribution is -0.180. The molecule has 3 N–H and O–H groups in total. The van der Waals surface area contributed by atoms with E-state index in [-0.39, 0.29) is 39.7 Å². The molecule has 0 spiro atoms. The minimum atomic E-state index is -0.720. The summed E-state index contributed by atoms with van der Waals surface area (Å²) in [6, 6.07) is 0. The largest absolute Gasteiger partial charge is 0.392 e. The molecule has 2 saturated carbocycles. The summed E-state index contributed by atoms with van der Waals surface area (Å²) in [5.41, 5.74) is 1.93. The van der Waals surface area contributed by atoms with E-state index in [0.29, 0.717) is 30.6 Å². The van der Waals surface area contributed by atoms with Gasteiger partial charge in [0.25, 0.3) is 0 Å². The molecule has 2 aliphatic heterocycles. The summed E-state index contributed by atoms with van der Waals surface area (Å²) in [5, 5.41) is 33.8. The Bertz CT molecular complexity index is 939. The zero-order chi connectivity index (χ0) is 25.3. The van der Waals surface area contributed by atoms with E-state index in [1.165, 1.54) is 5.57 Å². The molecule has 11 atom stereocenters. The van der Waals surface area contributed by atoms with Crippen LogP contribution in [-0.4, -0.2) is 51.6 Å². The lowest BCUT2D eigenvalue weighted by atomic mass is 9.42. The molecule has 6 aliphatic rings. The maximum Gasteiger partial charge on any atom is 0.162 e. The molecule has 0 radical (unpaired) electrons. The fourth-order valence-corrected chi connectivity index (χ4v) is 10.8. The van der Waals surface area contributed by atoms with Crippen LogP contribution in [0.2, 0.25) is 0 Å². The summed E-state index contributed by atoms with van der Waals surface area (Å²) >= 11 is 0. The van der Waals surface area contributed by atoms with Gasteiger partial charge < -0.3 is 24.8 Å². The SMILES string of the molecule is CC1(C)OC2OC1CC[C@@H]2[C@H]1CC[C@@]2(C)C3=C(C[C@H](O)[C@]12C)[C@@]1(C)C[C@@H](O)[C@H](O)C(C)(C)[C@@H]1CC3. The van der Waals surface area contributed by atoms with E-state index >= 15 is 0 Å². The first-order valence-electron chi connectivity index (χ1n) is 14.3. The predicted octanol–water partition coefficient (Wildman–Crippen LogP) is 4.97. The third-order valence-electron chi connectivity index (χ3n) is 13.0. The monoisotopic (exact) mass is 488 g/mol. The summed E-state index contributed by atoms with van der Waals surface area (Å²) in [5.74, 6) is 1.01. The van der Waals surface area contributed by atoms with Crippen LogP contribution in [0.3, 0.4) is 0 Å². The Labute approximate surface area is 211 Å². The molecule has 5 nitrogen and oxygen atoms in total. The summed E-state index contributed by atoms with van der Waals surface area (Å²) in [7, 11) is 0. The standard InChI is InChI=1S/C30H48O5/c1-26(2)21-10-9-18-19(28(21,5)15-20(31)24(26)33)14-22(32)30(7)17(12-13-29(18,30)6)16-8-11-23-27(3,4)35-25(16)34-23/h16-17,20-25,31-33H,8-15H2,1-7H3/t16-,17-,20-,21+,22+,23?,24+,25?,28-,29+,30+/m1/s1. The second-order valence-electron chi connectivity index (χ2n) is 14.9. The molecule has 0 amide bonds. The van der Waals surface area contributed by atoms with E-state index in [0.717, 1.165) is 38.5 Å². The van der Waals surface area contributed by atoms with Crippen LogP contribution >= 0.6 is 0 Å². The van der Waals surface area contributed by atoms with Gasteiger partial charge in [0.1, 0.15) is 0 Å². The normalized spacial score (nSPS) is 56.4. The molecule has 5 heteroatoms. The molecule has 2 heterocycles. The van der Waals surface area contributed by atoms with Crippen LogP contribution in [0.15, 0.2) is 11.1 Å². The van der Waals surface area contributed by atoms with Crippen LogP contribution < -0.4 is 0 Å². The molecular formula is C30H48O5. The molecule has 198 valence electrons. The van der Waals surface area contributed by atoms with Crippen LogP contribution in [0.1, 0.15) is 99.8 Å². The Morgan fingerprint density at radius 3 is 2.29 bits per heavy atom. The third-order valence-corrected chi connectivity index (χ3v) is 13.0. The first kappa shape index (κ1) is 24.9. The number of hydrogen-bond donors (Lipinski definition) is 3. The van der Waals surface area contributed by atoms with Crippen molar-refractivity contribution in [1.29, 1.82) is 0 Å². The zero-order valence-corrected chi connectivity index (χ0v) is 22.9.